The molecule has 0 bridgehead atoms. The van der Waals surface area contributed by atoms with Crippen molar-refractivity contribution < 1.29 is 4.79 Å². The number of aryl methyl sites for hydroxylation is 1. The van der Waals surface area contributed by atoms with Gasteiger partial charge in [-0.1, -0.05) is 24.9 Å². The standard InChI is InChI=1S/C14H17ClN2O/c1-2-3-4-10-11-7-9(15)5-6-12(11)17-13(10)8-14(16)18/h5-7,17H,2-4,8H2,1H3,(H2,16,18). The van der Waals surface area contributed by atoms with Crippen LogP contribution in [0.4, 0.5) is 0 Å². The molecule has 0 spiro atoms. The van der Waals surface area contributed by atoms with Crippen molar-refractivity contribution >= 4 is 28.4 Å². The Balaban J connectivity index is 2.50. The Kier molecular flexibility index (Phi) is 3.92. The number of halogens is 1. The van der Waals surface area contributed by atoms with Crippen molar-refractivity contribution in [2.24, 2.45) is 5.73 Å². The number of carbonyl (C=O) groups is 1. The Morgan fingerprint density at radius 3 is 2.89 bits per heavy atom. The number of nitrogens with two attached hydrogens (primary N) is 1. The average molecular weight is 265 g/mol. The molecule has 4 heteroatoms. The van der Waals surface area contributed by atoms with E-state index in [-0.39, 0.29) is 12.3 Å². The smallest absolute Gasteiger partial charge is 0.223 e. The van der Waals surface area contributed by atoms with E-state index in [9.17, 15) is 4.79 Å². The van der Waals surface area contributed by atoms with Crippen LogP contribution in [0.5, 0.6) is 0 Å². The first-order valence-corrected chi connectivity index (χ1v) is 6.57. The quantitative estimate of drug-likeness (QED) is 0.856. The number of aromatic amines is 1. The fraction of sp³-hybridized carbons (Fsp3) is 0.357. The van der Waals surface area contributed by atoms with E-state index in [0.29, 0.717) is 5.02 Å². The highest BCUT2D eigenvalue weighted by Gasteiger charge is 2.13. The second-order valence-corrected chi connectivity index (χ2v) is 4.96. The molecule has 0 aliphatic carbocycles. The third-order valence-electron chi connectivity index (χ3n) is 3.09. The maximum absolute atomic E-state index is 11.1. The number of aromatic nitrogens is 1. The molecule has 18 heavy (non-hydrogen) atoms. The Morgan fingerprint density at radius 1 is 1.44 bits per heavy atom. The minimum Gasteiger partial charge on any atom is -0.369 e. The van der Waals surface area contributed by atoms with E-state index in [1.165, 1.54) is 5.56 Å². The zero-order chi connectivity index (χ0) is 13.1. The van der Waals surface area contributed by atoms with E-state index in [1.807, 2.05) is 18.2 Å². The maximum Gasteiger partial charge on any atom is 0.223 e. The van der Waals surface area contributed by atoms with Crippen LogP contribution in [-0.2, 0) is 17.6 Å². The van der Waals surface area contributed by atoms with Gasteiger partial charge in [-0.25, -0.2) is 0 Å². The topological polar surface area (TPSA) is 58.9 Å². The van der Waals surface area contributed by atoms with Gasteiger partial charge in [0.1, 0.15) is 0 Å². The van der Waals surface area contributed by atoms with Crippen LogP contribution in [0.2, 0.25) is 5.02 Å². The van der Waals surface area contributed by atoms with Gasteiger partial charge in [0.05, 0.1) is 6.42 Å². The van der Waals surface area contributed by atoms with Gasteiger partial charge < -0.3 is 10.7 Å². The first kappa shape index (κ1) is 13.0. The number of hydrogen-bond acceptors (Lipinski definition) is 1. The maximum atomic E-state index is 11.1. The molecule has 3 N–H and O–H groups in total. The number of hydrogen-bond donors (Lipinski definition) is 2. The molecular formula is C14H17ClN2O. The Labute approximate surface area is 111 Å². The Bertz CT molecular complexity index is 574. The zero-order valence-corrected chi connectivity index (χ0v) is 11.2. The predicted molar refractivity (Wildman–Crippen MR) is 74.8 cm³/mol. The molecule has 0 aliphatic heterocycles. The third-order valence-corrected chi connectivity index (χ3v) is 3.32. The number of benzene rings is 1. The number of H-pyrrole nitrogens is 1. The molecule has 3 nitrogen and oxygen atoms in total. The number of carbonyl (C=O) groups excluding carboxylic acids is 1. The number of rotatable bonds is 5. The van der Waals surface area contributed by atoms with Crippen molar-refractivity contribution in [2.75, 3.05) is 0 Å². The molecule has 0 fully saturated rings. The fourth-order valence-corrected chi connectivity index (χ4v) is 2.41. The summed E-state index contributed by atoms with van der Waals surface area (Å²) in [6.07, 6.45) is 3.40. The molecule has 0 unspecified atom stereocenters. The number of amides is 1. The van der Waals surface area contributed by atoms with Crippen LogP contribution in [0.3, 0.4) is 0 Å². The van der Waals surface area contributed by atoms with Crippen molar-refractivity contribution in [2.45, 2.75) is 32.6 Å². The minimum atomic E-state index is -0.314. The number of fused-ring (bicyclic) bond motifs is 1. The van der Waals surface area contributed by atoms with Gasteiger partial charge >= 0.3 is 0 Å². The lowest BCUT2D eigenvalue weighted by Gasteiger charge is -2.02. The molecule has 1 aromatic carbocycles. The van der Waals surface area contributed by atoms with Crippen LogP contribution in [-0.4, -0.2) is 10.9 Å². The fourth-order valence-electron chi connectivity index (χ4n) is 2.24. The summed E-state index contributed by atoms with van der Waals surface area (Å²) < 4.78 is 0. The summed E-state index contributed by atoms with van der Waals surface area (Å²) in [7, 11) is 0. The van der Waals surface area contributed by atoms with Gasteiger partial charge in [0.2, 0.25) is 5.91 Å². The largest absolute Gasteiger partial charge is 0.369 e. The van der Waals surface area contributed by atoms with Crippen LogP contribution >= 0.6 is 11.6 Å². The van der Waals surface area contributed by atoms with E-state index >= 15 is 0 Å². The lowest BCUT2D eigenvalue weighted by Crippen LogP contribution is -2.14. The van der Waals surface area contributed by atoms with Gasteiger partial charge in [0.25, 0.3) is 0 Å². The monoisotopic (exact) mass is 264 g/mol. The van der Waals surface area contributed by atoms with Crippen LogP contribution in [0.1, 0.15) is 31.0 Å². The number of nitrogens with one attached hydrogen (secondary N) is 1. The first-order valence-electron chi connectivity index (χ1n) is 6.19. The molecule has 0 atom stereocenters. The van der Waals surface area contributed by atoms with Gasteiger partial charge in [-0.3, -0.25) is 4.79 Å². The molecule has 2 aromatic rings. The molecular weight excluding hydrogens is 248 g/mol. The van der Waals surface area contributed by atoms with Gasteiger partial charge in [-0.05, 0) is 36.6 Å². The SMILES string of the molecule is CCCCc1c(CC(N)=O)[nH]c2ccc(Cl)cc12. The molecule has 1 aromatic heterocycles. The summed E-state index contributed by atoms with van der Waals surface area (Å²) in [6.45, 7) is 2.15. The molecule has 0 saturated heterocycles. The van der Waals surface area contributed by atoms with E-state index in [1.54, 1.807) is 0 Å². The molecule has 0 aliphatic rings. The van der Waals surface area contributed by atoms with Crippen molar-refractivity contribution in [1.29, 1.82) is 0 Å². The predicted octanol–water partition coefficient (Wildman–Crippen LogP) is 3.19. The molecule has 1 amide bonds. The Hall–Kier alpha value is -1.48. The van der Waals surface area contributed by atoms with Crippen LogP contribution in [0.15, 0.2) is 18.2 Å². The first-order chi connectivity index (χ1) is 8.61. The summed E-state index contributed by atoms with van der Waals surface area (Å²) in [5.74, 6) is -0.314. The van der Waals surface area contributed by atoms with Crippen molar-refractivity contribution in [3.63, 3.8) is 0 Å². The zero-order valence-electron chi connectivity index (χ0n) is 10.4. The summed E-state index contributed by atoms with van der Waals surface area (Å²) in [5, 5.41) is 1.82. The number of unbranched alkanes of at least 4 members (excludes halogenated alkanes) is 1. The lowest BCUT2D eigenvalue weighted by atomic mass is 10.0. The molecule has 1 heterocycles. The normalized spacial score (nSPS) is 11.0. The Morgan fingerprint density at radius 2 is 2.22 bits per heavy atom. The third kappa shape index (κ3) is 2.67. The van der Waals surface area contributed by atoms with Gasteiger partial charge in [0, 0.05) is 21.6 Å². The summed E-state index contributed by atoms with van der Waals surface area (Å²) in [4.78, 5) is 14.4. The van der Waals surface area contributed by atoms with Gasteiger partial charge in [-0.2, -0.15) is 0 Å². The summed E-state index contributed by atoms with van der Waals surface area (Å²) >= 11 is 6.03. The van der Waals surface area contributed by atoms with E-state index in [0.717, 1.165) is 35.9 Å². The van der Waals surface area contributed by atoms with Crippen molar-refractivity contribution in [1.82, 2.24) is 4.98 Å². The molecule has 96 valence electrons. The van der Waals surface area contributed by atoms with E-state index in [4.69, 9.17) is 17.3 Å². The molecule has 0 saturated carbocycles. The van der Waals surface area contributed by atoms with Crippen molar-refractivity contribution in [3.05, 3.63) is 34.5 Å². The van der Waals surface area contributed by atoms with E-state index < -0.39 is 0 Å². The highest BCUT2D eigenvalue weighted by atomic mass is 35.5. The average Bonchev–Trinajstić information content (AvgIpc) is 2.62. The van der Waals surface area contributed by atoms with Crippen LogP contribution in [0.25, 0.3) is 10.9 Å². The van der Waals surface area contributed by atoms with Crippen LogP contribution < -0.4 is 5.73 Å². The minimum absolute atomic E-state index is 0.255. The molecule has 2 rings (SSSR count). The highest BCUT2D eigenvalue weighted by molar-refractivity contribution is 6.31. The summed E-state index contributed by atoms with van der Waals surface area (Å²) in [5.41, 5.74) is 8.40. The van der Waals surface area contributed by atoms with Crippen LogP contribution in [0, 0.1) is 0 Å². The lowest BCUT2D eigenvalue weighted by molar-refractivity contribution is -0.117. The second-order valence-electron chi connectivity index (χ2n) is 4.52. The molecule has 0 radical (unpaired) electrons. The van der Waals surface area contributed by atoms with Gasteiger partial charge in [0.15, 0.2) is 0 Å². The number of primary amides is 1. The summed E-state index contributed by atoms with van der Waals surface area (Å²) in [6, 6.07) is 5.73. The van der Waals surface area contributed by atoms with Gasteiger partial charge in [-0.15, -0.1) is 0 Å². The second kappa shape index (κ2) is 5.44. The van der Waals surface area contributed by atoms with Crippen molar-refractivity contribution in [3.8, 4) is 0 Å². The highest BCUT2D eigenvalue weighted by Crippen LogP contribution is 2.27. The van der Waals surface area contributed by atoms with E-state index in [2.05, 4.69) is 11.9 Å².